The number of nitrogens with zero attached hydrogens (tertiary/aromatic N) is 5. The van der Waals surface area contributed by atoms with Gasteiger partial charge in [0, 0.05) is 48.2 Å². The topological polar surface area (TPSA) is 134 Å². The number of carbonyl (C=O) groups excluding carboxylic acids is 1. The van der Waals surface area contributed by atoms with Gasteiger partial charge < -0.3 is 9.72 Å². The fraction of sp³-hybridized carbons (Fsp3) is 0.429. The Balaban J connectivity index is 1.76. The van der Waals surface area contributed by atoms with Crippen molar-refractivity contribution in [2.24, 2.45) is 0 Å². The van der Waals surface area contributed by atoms with E-state index in [9.17, 15) is 18.5 Å². The predicted octanol–water partition coefficient (Wildman–Crippen LogP) is 2.27. The minimum Gasteiger partial charge on any atom is -0.459 e. The molecule has 11 heteroatoms. The first kappa shape index (κ1) is 22.0. The number of hydrogen-bond donors (Lipinski definition) is 1. The van der Waals surface area contributed by atoms with Crippen LogP contribution in [0.15, 0.2) is 30.9 Å². The van der Waals surface area contributed by atoms with E-state index in [1.54, 1.807) is 44.0 Å². The molecule has 0 saturated carbocycles. The molecule has 0 bridgehead atoms. The van der Waals surface area contributed by atoms with E-state index < -0.39 is 21.5 Å². The van der Waals surface area contributed by atoms with Gasteiger partial charge in [0.1, 0.15) is 11.2 Å². The largest absolute Gasteiger partial charge is 0.459 e. The van der Waals surface area contributed by atoms with E-state index in [1.165, 1.54) is 10.5 Å². The molecule has 4 heterocycles. The zero-order valence-corrected chi connectivity index (χ0v) is 18.9. The van der Waals surface area contributed by atoms with E-state index >= 15 is 0 Å². The number of fused-ring (bicyclic) bond motifs is 1. The van der Waals surface area contributed by atoms with Crippen molar-refractivity contribution in [1.82, 2.24) is 24.1 Å². The molecule has 1 aliphatic rings. The zero-order chi connectivity index (χ0) is 23.1. The van der Waals surface area contributed by atoms with Crippen LogP contribution < -0.4 is 0 Å². The Kier molecular flexibility index (Phi) is 5.52. The number of hydrogen-bond acceptors (Lipinski definition) is 7. The smallest absolute Gasteiger partial charge is 0.340 e. The lowest BCUT2D eigenvalue weighted by Gasteiger charge is -2.47. The molecule has 1 fully saturated rings. The third-order valence-electron chi connectivity index (χ3n) is 5.61. The molecule has 0 atom stereocenters. The number of pyridine rings is 1. The number of sulfonamides is 1. The maximum Gasteiger partial charge on any atom is 0.340 e. The average molecular weight is 457 g/mol. The lowest BCUT2D eigenvalue weighted by Crippen LogP contribution is -2.64. The van der Waals surface area contributed by atoms with Gasteiger partial charge in [0.05, 0.1) is 36.1 Å². The van der Waals surface area contributed by atoms with Crippen molar-refractivity contribution in [3.63, 3.8) is 0 Å². The quantitative estimate of drug-likeness (QED) is 0.539. The van der Waals surface area contributed by atoms with Gasteiger partial charge in [-0.1, -0.05) is 0 Å². The molecule has 0 amide bonds. The Morgan fingerprint density at radius 2 is 2.12 bits per heavy atom. The van der Waals surface area contributed by atoms with Crippen LogP contribution in [0.4, 0.5) is 0 Å². The normalized spacial score (nSPS) is 16.1. The summed E-state index contributed by atoms with van der Waals surface area (Å²) < 4.78 is 32.8. The van der Waals surface area contributed by atoms with Crippen molar-refractivity contribution in [3.8, 4) is 17.2 Å². The van der Waals surface area contributed by atoms with Crippen LogP contribution in [-0.4, -0.2) is 63.4 Å². The Hall–Kier alpha value is -3.23. The van der Waals surface area contributed by atoms with E-state index in [2.05, 4.69) is 21.1 Å². The molecule has 0 radical (unpaired) electrons. The molecule has 168 valence electrons. The Bertz CT molecular complexity index is 1310. The summed E-state index contributed by atoms with van der Waals surface area (Å²) in [6.07, 6.45) is 6.40. The summed E-state index contributed by atoms with van der Waals surface area (Å²) in [6, 6.07) is 3.98. The first-order chi connectivity index (χ1) is 15.2. The number of nitriles is 1. The summed E-state index contributed by atoms with van der Waals surface area (Å²) in [7, 11) is -3.35. The fourth-order valence-corrected chi connectivity index (χ4v) is 5.18. The van der Waals surface area contributed by atoms with Crippen molar-refractivity contribution in [2.75, 3.05) is 18.8 Å². The lowest BCUT2D eigenvalue weighted by molar-refractivity contribution is 0.0378. The van der Waals surface area contributed by atoms with Gasteiger partial charge in [0.25, 0.3) is 0 Å². The van der Waals surface area contributed by atoms with Gasteiger partial charge in [-0.15, -0.1) is 0 Å². The molecule has 3 aromatic heterocycles. The number of nitrogens with one attached hydrogen (secondary N) is 1. The first-order valence-corrected chi connectivity index (χ1v) is 11.9. The molecule has 0 aliphatic carbocycles. The minimum absolute atomic E-state index is 0.00377. The number of aromatic nitrogens is 4. The number of ether oxygens (including phenoxy) is 1. The van der Waals surface area contributed by atoms with Gasteiger partial charge in [0.2, 0.25) is 10.0 Å². The molecular weight excluding hydrogens is 432 g/mol. The number of aromatic amines is 1. The van der Waals surface area contributed by atoms with E-state index in [4.69, 9.17) is 4.74 Å². The summed E-state index contributed by atoms with van der Waals surface area (Å²) in [4.78, 5) is 20.1. The van der Waals surface area contributed by atoms with Crippen LogP contribution in [0.2, 0.25) is 0 Å². The second-order valence-corrected chi connectivity index (χ2v) is 10.4. The second kappa shape index (κ2) is 8.03. The predicted molar refractivity (Wildman–Crippen MR) is 117 cm³/mol. The Morgan fingerprint density at radius 3 is 2.78 bits per heavy atom. The highest BCUT2D eigenvalue weighted by molar-refractivity contribution is 7.89. The van der Waals surface area contributed by atoms with Gasteiger partial charge in [0.15, 0.2) is 0 Å². The lowest BCUT2D eigenvalue weighted by atomic mass is 9.89. The van der Waals surface area contributed by atoms with Crippen LogP contribution in [0.1, 0.15) is 37.6 Å². The van der Waals surface area contributed by atoms with Crippen LogP contribution in [0, 0.1) is 11.3 Å². The molecule has 3 aromatic rings. The third-order valence-corrected chi connectivity index (χ3v) is 7.39. The molecular formula is C21H24N6O4S. The van der Waals surface area contributed by atoms with Gasteiger partial charge in [-0.05, 0) is 26.8 Å². The van der Waals surface area contributed by atoms with Crippen molar-refractivity contribution < 1.29 is 17.9 Å². The number of rotatable bonds is 7. The SMILES string of the molecule is CCS(=O)(=O)N1CC(CC#N)(n2cc(-c3c(C(=O)OC(C)C)cnc4[nH]ccc34)cn2)C1. The summed E-state index contributed by atoms with van der Waals surface area (Å²) in [5.74, 6) is -0.488. The second-order valence-electron chi connectivity index (χ2n) is 8.14. The summed E-state index contributed by atoms with van der Waals surface area (Å²) in [6.45, 7) is 5.49. The molecule has 0 unspecified atom stereocenters. The number of carbonyl (C=O) groups is 1. The van der Waals surface area contributed by atoms with Crippen molar-refractivity contribution in [1.29, 1.82) is 5.26 Å². The molecule has 0 spiro atoms. The molecule has 32 heavy (non-hydrogen) atoms. The summed E-state index contributed by atoms with van der Waals surface area (Å²) >= 11 is 0. The highest BCUT2D eigenvalue weighted by Crippen LogP contribution is 2.37. The van der Waals surface area contributed by atoms with Crippen LogP contribution in [0.3, 0.4) is 0 Å². The number of esters is 1. The maximum absolute atomic E-state index is 12.8. The van der Waals surface area contributed by atoms with Gasteiger partial charge in [-0.3, -0.25) is 4.68 Å². The maximum atomic E-state index is 12.8. The van der Waals surface area contributed by atoms with Gasteiger partial charge in [-0.2, -0.15) is 14.7 Å². The van der Waals surface area contributed by atoms with E-state index in [0.29, 0.717) is 22.3 Å². The molecule has 1 aliphatic heterocycles. The average Bonchev–Trinajstić information content (AvgIpc) is 3.38. The standard InChI is InChI=1S/C21H24N6O4S/c1-4-32(29,30)26-12-21(13-26,6-7-22)27-11-15(9-25-27)18-16-5-8-23-19(16)24-10-17(18)20(28)31-14(2)3/h5,8-11,14H,4,6,12-13H2,1-3H3,(H,23,24). The highest BCUT2D eigenvalue weighted by Gasteiger charge is 2.49. The van der Waals surface area contributed by atoms with Crippen LogP contribution in [-0.2, 0) is 20.3 Å². The number of H-pyrrole nitrogens is 1. The van der Waals surface area contributed by atoms with Crippen molar-refractivity contribution in [2.45, 2.75) is 38.8 Å². The monoisotopic (exact) mass is 456 g/mol. The molecule has 0 aromatic carbocycles. The van der Waals surface area contributed by atoms with E-state index in [1.807, 2.05) is 6.07 Å². The van der Waals surface area contributed by atoms with E-state index in [-0.39, 0.29) is 31.4 Å². The summed E-state index contributed by atoms with van der Waals surface area (Å²) in [5, 5.41) is 14.6. The first-order valence-electron chi connectivity index (χ1n) is 10.3. The van der Waals surface area contributed by atoms with Crippen LogP contribution >= 0.6 is 0 Å². The summed E-state index contributed by atoms with van der Waals surface area (Å²) in [5.41, 5.74) is 1.45. The minimum atomic E-state index is -3.35. The van der Waals surface area contributed by atoms with Crippen LogP contribution in [0.25, 0.3) is 22.2 Å². The molecule has 10 nitrogen and oxygen atoms in total. The van der Waals surface area contributed by atoms with Gasteiger partial charge >= 0.3 is 5.97 Å². The van der Waals surface area contributed by atoms with Crippen molar-refractivity contribution in [3.05, 3.63) is 36.4 Å². The Morgan fingerprint density at radius 1 is 1.38 bits per heavy atom. The van der Waals surface area contributed by atoms with E-state index in [0.717, 1.165) is 5.39 Å². The van der Waals surface area contributed by atoms with Crippen molar-refractivity contribution >= 4 is 27.0 Å². The fourth-order valence-electron chi connectivity index (χ4n) is 3.94. The molecule has 1 saturated heterocycles. The highest BCUT2D eigenvalue weighted by atomic mass is 32.2. The third kappa shape index (κ3) is 3.65. The van der Waals surface area contributed by atoms with Crippen LogP contribution in [0.5, 0.6) is 0 Å². The van der Waals surface area contributed by atoms with Gasteiger partial charge in [-0.25, -0.2) is 18.2 Å². The zero-order valence-electron chi connectivity index (χ0n) is 18.1. The molecule has 4 rings (SSSR count). The molecule has 1 N–H and O–H groups in total. The Labute approximate surface area is 185 Å².